The van der Waals surface area contributed by atoms with Crippen LogP contribution in [0.4, 0.5) is 14.6 Å². The molecule has 0 amide bonds. The zero-order valence-electron chi connectivity index (χ0n) is 22.0. The fraction of sp³-hybridized carbons (Fsp3) is 0.393. The summed E-state index contributed by atoms with van der Waals surface area (Å²) in [6.07, 6.45) is 6.87. The summed E-state index contributed by atoms with van der Waals surface area (Å²) in [6, 6.07) is 7.57. The van der Waals surface area contributed by atoms with E-state index in [1.54, 1.807) is 49.7 Å². The van der Waals surface area contributed by atoms with Crippen LogP contribution in [0.1, 0.15) is 63.5 Å². The van der Waals surface area contributed by atoms with Crippen LogP contribution < -0.4 is 5.32 Å². The first kappa shape index (κ1) is 26.5. The average molecular weight is 537 g/mol. The van der Waals surface area contributed by atoms with Crippen molar-refractivity contribution in [3.8, 4) is 22.9 Å². The predicted octanol–water partition coefficient (Wildman–Crippen LogP) is 5.89. The molecule has 1 aromatic carbocycles. The summed E-state index contributed by atoms with van der Waals surface area (Å²) < 4.78 is 36.4. The van der Waals surface area contributed by atoms with E-state index in [1.165, 1.54) is 19.1 Å². The van der Waals surface area contributed by atoms with Crippen LogP contribution in [0, 0.1) is 17.0 Å². The van der Waals surface area contributed by atoms with Crippen molar-refractivity contribution >= 4 is 11.8 Å². The van der Waals surface area contributed by atoms with E-state index < -0.39 is 23.2 Å². The summed E-state index contributed by atoms with van der Waals surface area (Å²) in [5.74, 6) is -2.04. The van der Waals surface area contributed by atoms with Crippen LogP contribution in [0.3, 0.4) is 0 Å². The summed E-state index contributed by atoms with van der Waals surface area (Å²) in [5.41, 5.74) is 2.02. The lowest BCUT2D eigenvalue weighted by molar-refractivity contribution is -0.140. The predicted molar refractivity (Wildman–Crippen MR) is 140 cm³/mol. The number of aromatic nitrogens is 5. The molecule has 5 rings (SSSR count). The third-order valence-corrected chi connectivity index (χ3v) is 7.07. The Morgan fingerprint density at radius 2 is 1.92 bits per heavy atom. The molecule has 11 heteroatoms. The number of anilines is 1. The van der Waals surface area contributed by atoms with Crippen molar-refractivity contribution < 1.29 is 23.2 Å². The molecule has 9 nitrogen and oxygen atoms in total. The minimum Gasteiger partial charge on any atom is -0.480 e. The maximum atomic E-state index is 15.2. The van der Waals surface area contributed by atoms with Crippen LogP contribution >= 0.6 is 0 Å². The molecule has 3 aromatic heterocycles. The van der Waals surface area contributed by atoms with Gasteiger partial charge < -0.3 is 14.9 Å². The molecule has 1 saturated carbocycles. The molecular weight excluding hydrogens is 506 g/mol. The Morgan fingerprint density at radius 1 is 1.15 bits per heavy atom. The van der Waals surface area contributed by atoms with Gasteiger partial charge in [-0.05, 0) is 41.9 Å². The van der Waals surface area contributed by atoms with Gasteiger partial charge in [-0.2, -0.15) is 5.10 Å². The van der Waals surface area contributed by atoms with E-state index in [0.29, 0.717) is 22.9 Å². The number of hydrogen-bond donors (Lipinski definition) is 2. The largest absolute Gasteiger partial charge is 0.480 e. The Morgan fingerprint density at radius 3 is 2.56 bits per heavy atom. The Balaban J connectivity index is 1.48. The maximum Gasteiger partial charge on any atom is 0.326 e. The molecule has 0 saturated heterocycles. The number of rotatable bonds is 8. The van der Waals surface area contributed by atoms with Gasteiger partial charge in [-0.3, -0.25) is 4.68 Å². The van der Waals surface area contributed by atoms with E-state index in [2.05, 4.69) is 25.5 Å². The number of nitrogens with zero attached hydrogens (tertiary/aromatic N) is 5. The quantitative estimate of drug-likeness (QED) is 0.286. The van der Waals surface area contributed by atoms with Crippen LogP contribution in [0.2, 0.25) is 0 Å². The Hall–Kier alpha value is -4.15. The zero-order valence-corrected chi connectivity index (χ0v) is 22.0. The van der Waals surface area contributed by atoms with Gasteiger partial charge in [-0.15, -0.1) is 0 Å². The molecule has 1 aliphatic carbocycles. The van der Waals surface area contributed by atoms with Gasteiger partial charge in [0.15, 0.2) is 17.5 Å². The highest BCUT2D eigenvalue weighted by Crippen LogP contribution is 2.35. The lowest BCUT2D eigenvalue weighted by Gasteiger charge is -2.28. The standard InChI is InChI=1S/C28H30F2N6O3/c1-28(2,3)24(27(37)38)32-25-20(30)14-31-26(33-25)22-13-23(21-10-11-39-35-21)36(34-22)15-18-9-8-17(12-19(18)29)16-6-4-5-7-16/h8-14,16,24H,4-7,15H2,1-3H3,(H,37,38)(H,31,32,33)/t24-/m1/s1. The summed E-state index contributed by atoms with van der Waals surface area (Å²) in [7, 11) is 0. The van der Waals surface area contributed by atoms with Crippen molar-refractivity contribution in [2.45, 2.75) is 65.0 Å². The number of carboxylic acid groups (broad SMARTS) is 1. The van der Waals surface area contributed by atoms with E-state index in [1.807, 2.05) is 6.07 Å². The van der Waals surface area contributed by atoms with Gasteiger partial charge in [-0.1, -0.05) is 50.9 Å². The van der Waals surface area contributed by atoms with E-state index in [4.69, 9.17) is 4.52 Å². The normalized spacial score (nSPS) is 15.0. The molecule has 39 heavy (non-hydrogen) atoms. The van der Waals surface area contributed by atoms with Crippen LogP contribution in [-0.4, -0.2) is 42.0 Å². The Bertz CT molecular complexity index is 1470. The van der Waals surface area contributed by atoms with E-state index >= 15 is 4.39 Å². The fourth-order valence-corrected chi connectivity index (χ4v) is 4.94. The fourth-order valence-electron chi connectivity index (χ4n) is 4.94. The lowest BCUT2D eigenvalue weighted by Crippen LogP contribution is -2.41. The second kappa shape index (κ2) is 10.5. The van der Waals surface area contributed by atoms with Crippen LogP contribution in [-0.2, 0) is 11.3 Å². The second-order valence-electron chi connectivity index (χ2n) is 11.0. The topological polar surface area (TPSA) is 119 Å². The third kappa shape index (κ3) is 5.67. The Kier molecular flexibility index (Phi) is 7.16. The van der Waals surface area contributed by atoms with Crippen LogP contribution in [0.5, 0.6) is 0 Å². The molecule has 0 aliphatic heterocycles. The average Bonchev–Trinajstić information content (AvgIpc) is 3.65. The number of benzene rings is 1. The monoisotopic (exact) mass is 536 g/mol. The minimum atomic E-state index is -1.14. The van der Waals surface area contributed by atoms with Gasteiger partial charge in [0.1, 0.15) is 29.5 Å². The van der Waals surface area contributed by atoms with Gasteiger partial charge in [0, 0.05) is 11.6 Å². The third-order valence-electron chi connectivity index (χ3n) is 7.07. The molecule has 0 spiro atoms. The number of nitrogens with one attached hydrogen (secondary N) is 1. The van der Waals surface area contributed by atoms with Crippen molar-refractivity contribution in [3.05, 3.63) is 65.6 Å². The molecule has 4 aromatic rings. The first-order valence-corrected chi connectivity index (χ1v) is 12.9. The molecular formula is C28H30F2N6O3. The van der Waals surface area contributed by atoms with Gasteiger partial charge in [-0.25, -0.2) is 23.5 Å². The summed E-state index contributed by atoms with van der Waals surface area (Å²) >= 11 is 0. The van der Waals surface area contributed by atoms with Crippen molar-refractivity contribution in [1.82, 2.24) is 24.9 Å². The van der Waals surface area contributed by atoms with Gasteiger partial charge in [0.25, 0.3) is 0 Å². The SMILES string of the molecule is CC(C)(C)[C@H](Nc1nc(-c2cc(-c3ccon3)n(Cc3ccc(C4CCCC4)cc3F)n2)ncc1F)C(=O)O. The molecule has 1 fully saturated rings. The highest BCUT2D eigenvalue weighted by molar-refractivity contribution is 5.78. The molecule has 204 valence electrons. The number of hydrogen-bond acceptors (Lipinski definition) is 7. The number of carboxylic acids is 1. The Labute approximate surface area is 224 Å². The smallest absolute Gasteiger partial charge is 0.326 e. The summed E-state index contributed by atoms with van der Waals surface area (Å²) in [6.45, 7) is 5.29. The van der Waals surface area contributed by atoms with Gasteiger partial charge >= 0.3 is 5.97 Å². The number of carbonyl (C=O) groups is 1. The molecule has 1 atom stereocenters. The molecule has 1 aliphatic rings. The lowest BCUT2D eigenvalue weighted by atomic mass is 9.87. The van der Waals surface area contributed by atoms with Crippen molar-refractivity contribution in [2.75, 3.05) is 5.32 Å². The van der Waals surface area contributed by atoms with Crippen LogP contribution in [0.25, 0.3) is 22.9 Å². The molecule has 0 bridgehead atoms. The summed E-state index contributed by atoms with van der Waals surface area (Å²) in [5, 5.41) is 20.9. The molecule has 2 N–H and O–H groups in total. The number of halogens is 2. The highest BCUT2D eigenvalue weighted by Gasteiger charge is 2.32. The van der Waals surface area contributed by atoms with Crippen LogP contribution in [0.15, 0.2) is 47.3 Å². The molecule has 3 heterocycles. The highest BCUT2D eigenvalue weighted by atomic mass is 19.1. The first-order chi connectivity index (χ1) is 18.6. The van der Waals surface area contributed by atoms with Crippen molar-refractivity contribution in [1.29, 1.82) is 0 Å². The minimum absolute atomic E-state index is 0.0671. The van der Waals surface area contributed by atoms with Crippen molar-refractivity contribution in [2.24, 2.45) is 5.41 Å². The van der Waals surface area contributed by atoms with Gasteiger partial charge in [0.2, 0.25) is 0 Å². The summed E-state index contributed by atoms with van der Waals surface area (Å²) in [4.78, 5) is 20.1. The van der Waals surface area contributed by atoms with E-state index in [0.717, 1.165) is 24.6 Å². The van der Waals surface area contributed by atoms with Gasteiger partial charge in [0.05, 0.1) is 18.4 Å². The van der Waals surface area contributed by atoms with E-state index in [-0.39, 0.29) is 29.7 Å². The van der Waals surface area contributed by atoms with Crippen molar-refractivity contribution in [3.63, 3.8) is 0 Å². The molecule has 0 unspecified atom stereocenters. The van der Waals surface area contributed by atoms with E-state index in [9.17, 15) is 14.3 Å². The number of aliphatic carboxylic acids is 1. The zero-order chi connectivity index (χ0) is 27.7. The first-order valence-electron chi connectivity index (χ1n) is 12.9. The molecule has 0 radical (unpaired) electrons. The maximum absolute atomic E-state index is 15.2. The second-order valence-corrected chi connectivity index (χ2v) is 11.0.